The van der Waals surface area contributed by atoms with Crippen LogP contribution in [0.3, 0.4) is 0 Å². The van der Waals surface area contributed by atoms with Crippen LogP contribution in [0.5, 0.6) is 0 Å². The van der Waals surface area contributed by atoms with Crippen LogP contribution < -0.4 is 0 Å². The summed E-state index contributed by atoms with van der Waals surface area (Å²) in [5.41, 5.74) is 1.84. The fraction of sp³-hybridized carbons (Fsp3) is 0.476. The Labute approximate surface area is 148 Å². The molecule has 2 saturated heterocycles. The number of hydrogen-bond donors (Lipinski definition) is 0. The van der Waals surface area contributed by atoms with Crippen LogP contribution in [0.1, 0.15) is 31.2 Å². The molecule has 1 amide bonds. The van der Waals surface area contributed by atoms with Gasteiger partial charge in [-0.25, -0.2) is 0 Å². The van der Waals surface area contributed by atoms with Crippen LogP contribution in [0.2, 0.25) is 0 Å². The zero-order valence-electron chi connectivity index (χ0n) is 14.7. The molecule has 4 heteroatoms. The van der Waals surface area contributed by atoms with Crippen molar-refractivity contribution in [1.29, 1.82) is 0 Å². The Morgan fingerprint density at radius 1 is 1.20 bits per heavy atom. The first-order chi connectivity index (χ1) is 12.2. The van der Waals surface area contributed by atoms with Crippen molar-refractivity contribution in [2.24, 2.45) is 5.92 Å². The minimum absolute atomic E-state index is 0.0161. The van der Waals surface area contributed by atoms with Crippen molar-refractivity contribution in [3.05, 3.63) is 36.1 Å². The fourth-order valence-corrected chi connectivity index (χ4v) is 3.94. The first kappa shape index (κ1) is 16.2. The van der Waals surface area contributed by atoms with Crippen LogP contribution in [-0.4, -0.2) is 48.4 Å². The Hall–Kier alpha value is -2.25. The summed E-state index contributed by atoms with van der Waals surface area (Å²) in [5, 5.41) is 1.06. The van der Waals surface area contributed by atoms with Crippen LogP contribution in [-0.2, 0) is 4.79 Å². The molecule has 2 fully saturated rings. The maximum Gasteiger partial charge on any atom is 0.227 e. The molecule has 2 aliphatic rings. The number of furan rings is 1. The second-order valence-corrected chi connectivity index (χ2v) is 7.20. The third kappa shape index (κ3) is 3.43. The van der Waals surface area contributed by atoms with Crippen LogP contribution >= 0.6 is 0 Å². The molecule has 2 aliphatic heterocycles. The third-order valence-corrected chi connectivity index (χ3v) is 5.43. The van der Waals surface area contributed by atoms with Gasteiger partial charge < -0.3 is 14.2 Å². The summed E-state index contributed by atoms with van der Waals surface area (Å²) in [7, 11) is 1.89. The average Bonchev–Trinajstić information content (AvgIpc) is 3.20. The average molecular weight is 336 g/mol. The lowest BCUT2D eigenvalue weighted by Crippen LogP contribution is -2.37. The number of amides is 1. The highest BCUT2D eigenvalue weighted by atomic mass is 16.3. The van der Waals surface area contributed by atoms with E-state index in [4.69, 9.17) is 4.42 Å². The third-order valence-electron chi connectivity index (χ3n) is 5.43. The van der Waals surface area contributed by atoms with E-state index in [-0.39, 0.29) is 17.9 Å². The Balaban J connectivity index is 1.44. The van der Waals surface area contributed by atoms with Gasteiger partial charge in [-0.1, -0.05) is 18.3 Å². The molecular formula is C21H24N2O2. The van der Waals surface area contributed by atoms with Gasteiger partial charge in [0.1, 0.15) is 5.58 Å². The molecule has 0 radical (unpaired) electrons. The van der Waals surface area contributed by atoms with Crippen molar-refractivity contribution in [3.8, 4) is 11.8 Å². The SMILES string of the molecule is CN1C(=O)[C@H](CN2CCCCC2)C[C@@H]1C#Cc1ccc2occc2c1. The fourth-order valence-electron chi connectivity index (χ4n) is 3.94. The maximum atomic E-state index is 12.6. The quantitative estimate of drug-likeness (QED) is 0.791. The van der Waals surface area contributed by atoms with Crippen molar-refractivity contribution in [2.75, 3.05) is 26.7 Å². The number of likely N-dealkylation sites (tertiary alicyclic amines) is 2. The summed E-state index contributed by atoms with van der Waals surface area (Å²) in [6.45, 7) is 3.16. The summed E-state index contributed by atoms with van der Waals surface area (Å²) in [6, 6.07) is 7.92. The summed E-state index contributed by atoms with van der Waals surface area (Å²) < 4.78 is 5.36. The second kappa shape index (κ2) is 6.93. The zero-order valence-corrected chi connectivity index (χ0v) is 14.7. The smallest absolute Gasteiger partial charge is 0.227 e. The van der Waals surface area contributed by atoms with E-state index in [2.05, 4.69) is 16.7 Å². The zero-order chi connectivity index (χ0) is 17.2. The predicted octanol–water partition coefficient (Wildman–Crippen LogP) is 3.12. The molecule has 4 rings (SSSR count). The van der Waals surface area contributed by atoms with Gasteiger partial charge in [0.15, 0.2) is 0 Å². The van der Waals surface area contributed by atoms with Crippen LogP contribution in [0.25, 0.3) is 11.0 Å². The summed E-state index contributed by atoms with van der Waals surface area (Å²) >= 11 is 0. The molecule has 0 spiro atoms. The number of carbonyl (C=O) groups is 1. The number of rotatable bonds is 2. The highest BCUT2D eigenvalue weighted by Crippen LogP contribution is 2.25. The molecule has 2 atom stereocenters. The molecular weight excluding hydrogens is 312 g/mol. The van der Waals surface area contributed by atoms with E-state index in [1.54, 1.807) is 6.26 Å². The number of hydrogen-bond acceptors (Lipinski definition) is 3. The largest absolute Gasteiger partial charge is 0.464 e. The molecule has 0 saturated carbocycles. The van der Waals surface area contributed by atoms with Gasteiger partial charge in [-0.05, 0) is 56.6 Å². The Kier molecular flexibility index (Phi) is 4.50. The van der Waals surface area contributed by atoms with Gasteiger partial charge in [0.25, 0.3) is 0 Å². The normalized spacial score (nSPS) is 24.5. The van der Waals surface area contributed by atoms with Gasteiger partial charge in [-0.3, -0.25) is 4.79 Å². The summed E-state index contributed by atoms with van der Waals surface area (Å²) in [4.78, 5) is 16.8. The van der Waals surface area contributed by atoms with Gasteiger partial charge in [0.05, 0.1) is 18.2 Å². The van der Waals surface area contributed by atoms with Gasteiger partial charge in [-0.15, -0.1) is 0 Å². The first-order valence-corrected chi connectivity index (χ1v) is 9.18. The summed E-state index contributed by atoms with van der Waals surface area (Å²) in [5.74, 6) is 6.89. The lowest BCUT2D eigenvalue weighted by molar-refractivity contribution is -0.130. The maximum absolute atomic E-state index is 12.6. The van der Waals surface area contributed by atoms with Crippen LogP contribution in [0, 0.1) is 17.8 Å². The van der Waals surface area contributed by atoms with Crippen LogP contribution in [0.15, 0.2) is 34.9 Å². The molecule has 1 aromatic carbocycles. The van der Waals surface area contributed by atoms with Gasteiger partial charge in [0, 0.05) is 24.5 Å². The van der Waals surface area contributed by atoms with E-state index < -0.39 is 0 Å². The number of fused-ring (bicyclic) bond motifs is 1. The topological polar surface area (TPSA) is 36.7 Å². The highest BCUT2D eigenvalue weighted by Gasteiger charge is 2.37. The Morgan fingerprint density at radius 3 is 2.88 bits per heavy atom. The standard InChI is InChI=1S/C21H24N2O2/c1-22-19(7-5-16-6-8-20-17(13-16)9-12-25-20)14-18(21(22)24)15-23-10-3-2-4-11-23/h6,8-9,12-13,18-19H,2-4,10-11,14-15H2,1H3/t18-,19-/m0/s1. The van der Waals surface area contributed by atoms with Crippen molar-refractivity contribution >= 4 is 16.9 Å². The molecule has 2 aromatic rings. The van der Waals surface area contributed by atoms with E-state index >= 15 is 0 Å². The predicted molar refractivity (Wildman–Crippen MR) is 98.0 cm³/mol. The molecule has 0 unspecified atom stereocenters. The van der Waals surface area contributed by atoms with Gasteiger partial charge >= 0.3 is 0 Å². The lowest BCUT2D eigenvalue weighted by atomic mass is 10.0. The number of carbonyl (C=O) groups excluding carboxylic acids is 1. The van der Waals surface area contributed by atoms with E-state index in [1.165, 1.54) is 19.3 Å². The molecule has 0 aliphatic carbocycles. The van der Waals surface area contributed by atoms with E-state index in [9.17, 15) is 4.79 Å². The molecule has 0 bridgehead atoms. The molecule has 0 N–H and O–H groups in total. The minimum Gasteiger partial charge on any atom is -0.464 e. The summed E-state index contributed by atoms with van der Waals surface area (Å²) in [6.07, 6.45) is 6.38. The van der Waals surface area contributed by atoms with E-state index in [0.29, 0.717) is 0 Å². The Morgan fingerprint density at radius 2 is 2.04 bits per heavy atom. The second-order valence-electron chi connectivity index (χ2n) is 7.20. The lowest BCUT2D eigenvalue weighted by Gasteiger charge is -2.28. The Bertz CT molecular complexity index is 823. The van der Waals surface area contributed by atoms with Crippen molar-refractivity contribution in [3.63, 3.8) is 0 Å². The van der Waals surface area contributed by atoms with E-state index in [1.807, 2.05) is 36.2 Å². The van der Waals surface area contributed by atoms with Crippen molar-refractivity contribution < 1.29 is 9.21 Å². The number of piperidine rings is 1. The van der Waals surface area contributed by atoms with Gasteiger partial charge in [-0.2, -0.15) is 0 Å². The van der Waals surface area contributed by atoms with Crippen molar-refractivity contribution in [1.82, 2.24) is 9.80 Å². The van der Waals surface area contributed by atoms with Crippen molar-refractivity contribution in [2.45, 2.75) is 31.7 Å². The monoisotopic (exact) mass is 336 g/mol. The molecule has 4 nitrogen and oxygen atoms in total. The number of benzene rings is 1. The van der Waals surface area contributed by atoms with Gasteiger partial charge in [0.2, 0.25) is 5.91 Å². The number of nitrogens with zero attached hydrogens (tertiary/aromatic N) is 2. The minimum atomic E-state index is 0.0161. The first-order valence-electron chi connectivity index (χ1n) is 9.18. The van der Waals surface area contributed by atoms with E-state index in [0.717, 1.165) is 42.6 Å². The molecule has 25 heavy (non-hydrogen) atoms. The highest BCUT2D eigenvalue weighted by molar-refractivity contribution is 5.82. The molecule has 130 valence electrons. The molecule has 1 aromatic heterocycles. The molecule has 3 heterocycles. The van der Waals surface area contributed by atoms with Crippen LogP contribution in [0.4, 0.5) is 0 Å².